The van der Waals surface area contributed by atoms with E-state index < -0.39 is 5.97 Å². The number of aryl methyl sites for hydroxylation is 1. The molecule has 0 aliphatic heterocycles. The van der Waals surface area contributed by atoms with Gasteiger partial charge in [-0.25, -0.2) is 4.79 Å². The molecule has 100 valence electrons. The third-order valence-electron chi connectivity index (χ3n) is 2.87. The summed E-state index contributed by atoms with van der Waals surface area (Å²) >= 11 is 0. The van der Waals surface area contributed by atoms with Gasteiger partial charge in [-0.1, -0.05) is 50.8 Å². The van der Waals surface area contributed by atoms with Gasteiger partial charge in [0.25, 0.3) is 0 Å². The van der Waals surface area contributed by atoms with Gasteiger partial charge in [0.2, 0.25) is 0 Å². The highest BCUT2D eigenvalue weighted by atomic mass is 16.5. The van der Waals surface area contributed by atoms with Gasteiger partial charge < -0.3 is 9.84 Å². The maximum atomic E-state index is 10.5. The largest absolute Gasteiger partial charge is 0.482 e. The van der Waals surface area contributed by atoms with Crippen molar-refractivity contribution in [3.63, 3.8) is 0 Å². The lowest BCUT2D eigenvalue weighted by Gasteiger charge is -2.09. The third kappa shape index (κ3) is 5.71. The Labute approximate surface area is 109 Å². The summed E-state index contributed by atoms with van der Waals surface area (Å²) in [6, 6.07) is 7.69. The van der Waals surface area contributed by atoms with Gasteiger partial charge in [0.15, 0.2) is 6.61 Å². The molecular weight excluding hydrogens is 228 g/mol. The van der Waals surface area contributed by atoms with E-state index in [4.69, 9.17) is 9.84 Å². The number of unbranched alkanes of at least 4 members (excludes halogenated alkanes) is 4. The minimum Gasteiger partial charge on any atom is -0.482 e. The Morgan fingerprint density at radius 2 is 1.89 bits per heavy atom. The van der Waals surface area contributed by atoms with Crippen molar-refractivity contribution in [1.29, 1.82) is 0 Å². The predicted molar refractivity (Wildman–Crippen MR) is 72.0 cm³/mol. The average Bonchev–Trinajstić information content (AvgIpc) is 2.37. The Morgan fingerprint density at radius 1 is 1.17 bits per heavy atom. The SMILES string of the molecule is CCCCCCCc1ccccc1OCC(=O)O. The fourth-order valence-electron chi connectivity index (χ4n) is 1.91. The van der Waals surface area contributed by atoms with Crippen LogP contribution in [-0.2, 0) is 11.2 Å². The summed E-state index contributed by atoms with van der Waals surface area (Å²) in [6.45, 7) is 1.93. The average molecular weight is 250 g/mol. The fourth-order valence-corrected chi connectivity index (χ4v) is 1.91. The van der Waals surface area contributed by atoms with Crippen molar-refractivity contribution in [3.05, 3.63) is 29.8 Å². The van der Waals surface area contributed by atoms with E-state index in [0.29, 0.717) is 5.75 Å². The van der Waals surface area contributed by atoms with Gasteiger partial charge in [-0.15, -0.1) is 0 Å². The van der Waals surface area contributed by atoms with Gasteiger partial charge in [-0.2, -0.15) is 0 Å². The van der Waals surface area contributed by atoms with E-state index in [1.807, 2.05) is 24.3 Å². The second-order valence-electron chi connectivity index (χ2n) is 4.45. The van der Waals surface area contributed by atoms with Gasteiger partial charge in [0.1, 0.15) is 5.75 Å². The van der Waals surface area contributed by atoms with Crippen LogP contribution in [0.3, 0.4) is 0 Å². The molecule has 0 atom stereocenters. The first-order valence-corrected chi connectivity index (χ1v) is 6.66. The first-order chi connectivity index (χ1) is 8.74. The molecule has 0 fully saturated rings. The standard InChI is InChI=1S/C15H22O3/c1-2-3-4-5-6-9-13-10-7-8-11-14(13)18-12-15(16)17/h7-8,10-11H,2-6,9,12H2,1H3,(H,16,17). The van der Waals surface area contributed by atoms with Crippen molar-refractivity contribution in [2.24, 2.45) is 0 Å². The molecule has 0 spiro atoms. The van der Waals surface area contributed by atoms with Crippen LogP contribution in [0, 0.1) is 0 Å². The van der Waals surface area contributed by atoms with Crippen molar-refractivity contribution in [2.75, 3.05) is 6.61 Å². The smallest absolute Gasteiger partial charge is 0.341 e. The topological polar surface area (TPSA) is 46.5 Å². The lowest BCUT2D eigenvalue weighted by atomic mass is 10.0. The second kappa shape index (κ2) is 8.56. The number of benzene rings is 1. The van der Waals surface area contributed by atoms with E-state index in [9.17, 15) is 4.79 Å². The molecule has 0 bridgehead atoms. The zero-order valence-corrected chi connectivity index (χ0v) is 11.0. The minimum atomic E-state index is -0.937. The van der Waals surface area contributed by atoms with E-state index in [1.165, 1.54) is 25.7 Å². The van der Waals surface area contributed by atoms with Crippen molar-refractivity contribution in [2.45, 2.75) is 45.4 Å². The Balaban J connectivity index is 2.41. The molecule has 1 aromatic rings. The molecule has 1 aromatic carbocycles. The van der Waals surface area contributed by atoms with E-state index in [2.05, 4.69) is 6.92 Å². The van der Waals surface area contributed by atoms with Crippen molar-refractivity contribution >= 4 is 5.97 Å². The van der Waals surface area contributed by atoms with Crippen LogP contribution in [0.25, 0.3) is 0 Å². The van der Waals surface area contributed by atoms with Crippen LogP contribution < -0.4 is 4.74 Å². The minimum absolute atomic E-state index is 0.271. The van der Waals surface area contributed by atoms with Gasteiger partial charge in [-0.05, 0) is 24.5 Å². The number of para-hydroxylation sites is 1. The number of ether oxygens (including phenoxy) is 1. The predicted octanol–water partition coefficient (Wildman–Crippen LogP) is 3.66. The summed E-state index contributed by atoms with van der Waals surface area (Å²) in [6.07, 6.45) is 7.12. The van der Waals surface area contributed by atoms with Crippen LogP contribution in [0.15, 0.2) is 24.3 Å². The molecule has 0 amide bonds. The molecule has 3 nitrogen and oxygen atoms in total. The van der Waals surface area contributed by atoms with Crippen LogP contribution in [0.5, 0.6) is 5.75 Å². The molecule has 3 heteroatoms. The first kappa shape index (κ1) is 14.6. The third-order valence-corrected chi connectivity index (χ3v) is 2.87. The zero-order valence-electron chi connectivity index (χ0n) is 11.0. The maximum Gasteiger partial charge on any atom is 0.341 e. The first-order valence-electron chi connectivity index (χ1n) is 6.66. The fraction of sp³-hybridized carbons (Fsp3) is 0.533. The number of carbonyl (C=O) groups is 1. The van der Waals surface area contributed by atoms with Crippen molar-refractivity contribution in [1.82, 2.24) is 0 Å². The summed E-state index contributed by atoms with van der Waals surface area (Å²) in [5.41, 5.74) is 1.11. The monoisotopic (exact) mass is 250 g/mol. The summed E-state index contributed by atoms with van der Waals surface area (Å²) < 4.78 is 5.28. The summed E-state index contributed by atoms with van der Waals surface area (Å²) in [4.78, 5) is 10.5. The van der Waals surface area contributed by atoms with Crippen LogP contribution in [0.1, 0.15) is 44.6 Å². The molecule has 1 rings (SSSR count). The number of hydrogen-bond acceptors (Lipinski definition) is 2. The van der Waals surface area contributed by atoms with E-state index in [-0.39, 0.29) is 6.61 Å². The number of rotatable bonds is 9. The van der Waals surface area contributed by atoms with Crippen molar-refractivity contribution < 1.29 is 14.6 Å². The zero-order chi connectivity index (χ0) is 13.2. The highest BCUT2D eigenvalue weighted by Gasteiger charge is 2.04. The molecule has 0 aliphatic carbocycles. The molecule has 0 saturated heterocycles. The van der Waals surface area contributed by atoms with E-state index in [0.717, 1.165) is 18.4 Å². The molecule has 0 aliphatic rings. The van der Waals surface area contributed by atoms with Crippen LogP contribution in [0.2, 0.25) is 0 Å². The molecule has 1 N–H and O–H groups in total. The highest BCUT2D eigenvalue weighted by Crippen LogP contribution is 2.20. The molecule has 0 radical (unpaired) electrons. The van der Waals surface area contributed by atoms with Gasteiger partial charge in [0.05, 0.1) is 0 Å². The molecule has 18 heavy (non-hydrogen) atoms. The lowest BCUT2D eigenvalue weighted by molar-refractivity contribution is -0.139. The molecule has 0 unspecified atom stereocenters. The van der Waals surface area contributed by atoms with Crippen LogP contribution in [0.4, 0.5) is 0 Å². The number of carboxylic acid groups (broad SMARTS) is 1. The molecule has 0 aromatic heterocycles. The van der Waals surface area contributed by atoms with Gasteiger partial charge in [0, 0.05) is 0 Å². The lowest BCUT2D eigenvalue weighted by Crippen LogP contribution is -2.10. The van der Waals surface area contributed by atoms with Gasteiger partial charge in [-0.3, -0.25) is 0 Å². The number of carboxylic acids is 1. The molecular formula is C15H22O3. The van der Waals surface area contributed by atoms with Gasteiger partial charge >= 0.3 is 5.97 Å². The quantitative estimate of drug-likeness (QED) is 0.680. The summed E-state index contributed by atoms with van der Waals surface area (Å²) in [5.74, 6) is -0.233. The Morgan fingerprint density at radius 3 is 2.61 bits per heavy atom. The maximum absolute atomic E-state index is 10.5. The van der Waals surface area contributed by atoms with E-state index in [1.54, 1.807) is 0 Å². The Bertz CT molecular complexity index is 361. The Hall–Kier alpha value is -1.51. The van der Waals surface area contributed by atoms with E-state index >= 15 is 0 Å². The summed E-state index contributed by atoms with van der Waals surface area (Å²) in [5, 5.41) is 8.61. The van der Waals surface area contributed by atoms with Crippen LogP contribution in [-0.4, -0.2) is 17.7 Å². The number of aliphatic carboxylic acids is 1. The van der Waals surface area contributed by atoms with Crippen LogP contribution >= 0.6 is 0 Å². The second-order valence-corrected chi connectivity index (χ2v) is 4.45. The molecule has 0 heterocycles. The highest BCUT2D eigenvalue weighted by molar-refractivity contribution is 5.68. The summed E-state index contributed by atoms with van der Waals surface area (Å²) in [7, 11) is 0. The Kier molecular flexibility index (Phi) is 6.92. The normalized spacial score (nSPS) is 10.3. The number of hydrogen-bond donors (Lipinski definition) is 1. The molecule has 0 saturated carbocycles. The van der Waals surface area contributed by atoms with Crippen molar-refractivity contribution in [3.8, 4) is 5.75 Å².